The monoisotopic (exact) mass is 583 g/mol. The maximum atomic E-state index is 13.5. The van der Waals surface area contributed by atoms with Crippen molar-refractivity contribution < 1.29 is 28.5 Å². The first kappa shape index (κ1) is 29.4. The Labute approximate surface area is 247 Å². The minimum absolute atomic E-state index is 0.0548. The van der Waals surface area contributed by atoms with E-state index >= 15 is 0 Å². The summed E-state index contributed by atoms with van der Waals surface area (Å²) in [5.74, 6) is 1.16. The van der Waals surface area contributed by atoms with Gasteiger partial charge in [0.05, 0.1) is 50.1 Å². The van der Waals surface area contributed by atoms with Gasteiger partial charge in [0.15, 0.2) is 22.7 Å². The van der Waals surface area contributed by atoms with Crippen LogP contribution in [0.5, 0.6) is 23.0 Å². The number of methoxy groups -OCH3 is 2. The molecule has 5 rings (SSSR count). The fourth-order valence-electron chi connectivity index (χ4n) is 4.70. The number of aliphatic hydroxyl groups is 1. The van der Waals surface area contributed by atoms with E-state index in [9.17, 15) is 19.1 Å². The van der Waals surface area contributed by atoms with E-state index in [4.69, 9.17) is 14.2 Å². The first-order valence-corrected chi connectivity index (χ1v) is 13.4. The zero-order valence-corrected chi connectivity index (χ0v) is 24.1. The molecule has 1 N–H and O–H groups in total. The number of aromatic nitrogens is 3. The molecular formula is C33H30FN3O6. The molecule has 5 aromatic rings. The number of carbonyl (C=O) groups excluding carboxylic acids is 1. The minimum atomic E-state index is -1.11. The molecule has 0 aliphatic carbocycles. The maximum absolute atomic E-state index is 13.5. The number of nitrogens with zero attached hydrogens (tertiary/aromatic N) is 3. The number of Topliss-reactive ketones (excluding diaryl/α,β-unsaturated/α-hetero) is 1. The molecule has 3 heterocycles. The van der Waals surface area contributed by atoms with Crippen LogP contribution in [0.2, 0.25) is 0 Å². The SMILES string of the molecule is COc1cc2nccc(Oc3ccc(CC(=O)c4cn(CC(C)(C)O)cc(-c5ccc(F)cc5)c4=O)nc3)c2cc1OC. The lowest BCUT2D eigenvalue weighted by Gasteiger charge is -2.20. The van der Waals surface area contributed by atoms with Crippen LogP contribution in [0, 0.1) is 5.82 Å². The Morgan fingerprint density at radius 1 is 0.953 bits per heavy atom. The number of fused-ring (bicyclic) bond motifs is 1. The fourth-order valence-corrected chi connectivity index (χ4v) is 4.70. The number of ketones is 1. The Hall–Kier alpha value is -5.09. The summed E-state index contributed by atoms with van der Waals surface area (Å²) in [4.78, 5) is 35.6. The lowest BCUT2D eigenvalue weighted by molar-refractivity contribution is 0.0612. The zero-order chi connectivity index (χ0) is 30.7. The van der Waals surface area contributed by atoms with Crippen molar-refractivity contribution in [2.24, 2.45) is 0 Å². The molecule has 0 saturated carbocycles. The second kappa shape index (κ2) is 12.0. The van der Waals surface area contributed by atoms with Crippen LogP contribution in [-0.4, -0.2) is 45.2 Å². The molecule has 43 heavy (non-hydrogen) atoms. The van der Waals surface area contributed by atoms with E-state index in [1.807, 2.05) is 0 Å². The van der Waals surface area contributed by atoms with Gasteiger partial charge in [-0.3, -0.25) is 19.6 Å². The van der Waals surface area contributed by atoms with Gasteiger partial charge >= 0.3 is 0 Å². The lowest BCUT2D eigenvalue weighted by atomic mass is 10.0. The maximum Gasteiger partial charge on any atom is 0.200 e. The van der Waals surface area contributed by atoms with E-state index in [-0.39, 0.29) is 24.1 Å². The van der Waals surface area contributed by atoms with E-state index in [1.165, 1.54) is 36.7 Å². The Bertz CT molecular complexity index is 1850. The predicted octanol–water partition coefficient (Wildman–Crippen LogP) is 5.60. The van der Waals surface area contributed by atoms with Gasteiger partial charge in [0.1, 0.15) is 17.3 Å². The van der Waals surface area contributed by atoms with Gasteiger partial charge < -0.3 is 23.9 Å². The van der Waals surface area contributed by atoms with E-state index in [1.54, 1.807) is 75.4 Å². The van der Waals surface area contributed by atoms with Crippen LogP contribution in [0.1, 0.15) is 29.9 Å². The van der Waals surface area contributed by atoms with Gasteiger partial charge in [0, 0.05) is 41.3 Å². The molecule has 0 saturated heterocycles. The minimum Gasteiger partial charge on any atom is -0.493 e. The van der Waals surface area contributed by atoms with Crippen LogP contribution in [0.3, 0.4) is 0 Å². The van der Waals surface area contributed by atoms with E-state index < -0.39 is 22.6 Å². The third-order valence-electron chi connectivity index (χ3n) is 6.68. The van der Waals surface area contributed by atoms with Gasteiger partial charge in [-0.15, -0.1) is 0 Å². The number of hydrogen-bond acceptors (Lipinski definition) is 8. The number of halogens is 1. The Morgan fingerprint density at radius 2 is 1.67 bits per heavy atom. The summed E-state index contributed by atoms with van der Waals surface area (Å²) in [5, 5.41) is 11.1. The average molecular weight is 584 g/mol. The highest BCUT2D eigenvalue weighted by atomic mass is 19.1. The fraction of sp³-hybridized carbons (Fsp3) is 0.212. The summed E-state index contributed by atoms with van der Waals surface area (Å²) in [6, 6.07) is 14.1. The van der Waals surface area contributed by atoms with Crippen molar-refractivity contribution in [1.82, 2.24) is 14.5 Å². The zero-order valence-electron chi connectivity index (χ0n) is 24.1. The summed E-state index contributed by atoms with van der Waals surface area (Å²) in [6.45, 7) is 3.38. The molecule has 0 amide bonds. The molecule has 0 aliphatic rings. The van der Waals surface area contributed by atoms with Gasteiger partial charge in [-0.2, -0.15) is 0 Å². The molecule has 0 fully saturated rings. The van der Waals surface area contributed by atoms with Gasteiger partial charge in [-0.1, -0.05) is 12.1 Å². The molecule has 9 nitrogen and oxygen atoms in total. The molecule has 0 bridgehead atoms. The van der Waals surface area contributed by atoms with Crippen LogP contribution >= 0.6 is 0 Å². The van der Waals surface area contributed by atoms with Gasteiger partial charge in [0.2, 0.25) is 0 Å². The van der Waals surface area contributed by atoms with Crippen LogP contribution in [-0.2, 0) is 13.0 Å². The third-order valence-corrected chi connectivity index (χ3v) is 6.68. The smallest absolute Gasteiger partial charge is 0.200 e. The van der Waals surface area contributed by atoms with Gasteiger partial charge in [-0.05, 0) is 55.8 Å². The van der Waals surface area contributed by atoms with Crippen molar-refractivity contribution in [3.05, 3.63) is 107 Å². The normalized spacial score (nSPS) is 11.4. The van der Waals surface area contributed by atoms with E-state index in [0.29, 0.717) is 45.2 Å². The number of pyridine rings is 3. The molecule has 0 aliphatic heterocycles. The molecule has 0 unspecified atom stereocenters. The Morgan fingerprint density at radius 3 is 2.33 bits per heavy atom. The molecule has 2 aromatic carbocycles. The molecule has 3 aromatic heterocycles. The van der Waals surface area contributed by atoms with Crippen molar-refractivity contribution in [3.8, 4) is 34.1 Å². The van der Waals surface area contributed by atoms with Crippen molar-refractivity contribution in [2.75, 3.05) is 14.2 Å². The number of benzene rings is 2. The number of rotatable bonds is 10. The molecule has 0 atom stereocenters. The Balaban J connectivity index is 1.40. The number of hydrogen-bond donors (Lipinski definition) is 1. The first-order valence-electron chi connectivity index (χ1n) is 13.4. The standard InChI is InChI=1S/C33H30FN3O6/c1-33(2,40)19-37-17-25(20-5-7-21(34)8-6-20)32(39)26(18-37)28(38)13-22-9-10-23(16-36-22)43-29-11-12-35-27-15-31(42-4)30(41-3)14-24(27)29/h5-12,14-18,40H,13,19H2,1-4H3. The van der Waals surface area contributed by atoms with E-state index in [2.05, 4.69) is 9.97 Å². The molecule has 10 heteroatoms. The second-order valence-corrected chi connectivity index (χ2v) is 10.6. The van der Waals surface area contributed by atoms with Crippen LogP contribution in [0.15, 0.2) is 84.2 Å². The third kappa shape index (κ3) is 6.70. The quantitative estimate of drug-likeness (QED) is 0.211. The molecular weight excluding hydrogens is 553 g/mol. The highest BCUT2D eigenvalue weighted by molar-refractivity contribution is 5.98. The summed E-state index contributed by atoms with van der Waals surface area (Å²) >= 11 is 0. The van der Waals surface area contributed by atoms with Crippen LogP contribution in [0.4, 0.5) is 4.39 Å². The number of ether oxygens (including phenoxy) is 3. The van der Waals surface area contributed by atoms with Gasteiger partial charge in [0.25, 0.3) is 0 Å². The summed E-state index contributed by atoms with van der Waals surface area (Å²) in [6.07, 6.45) is 5.97. The van der Waals surface area contributed by atoms with Crippen LogP contribution < -0.4 is 19.6 Å². The lowest BCUT2D eigenvalue weighted by Crippen LogP contribution is -2.29. The summed E-state index contributed by atoms with van der Waals surface area (Å²) in [7, 11) is 3.10. The largest absolute Gasteiger partial charge is 0.493 e. The highest BCUT2D eigenvalue weighted by Crippen LogP contribution is 2.36. The predicted molar refractivity (Wildman–Crippen MR) is 160 cm³/mol. The van der Waals surface area contributed by atoms with Crippen molar-refractivity contribution >= 4 is 16.7 Å². The number of carbonyl (C=O) groups is 1. The highest BCUT2D eigenvalue weighted by Gasteiger charge is 2.20. The topological polar surface area (TPSA) is 113 Å². The van der Waals surface area contributed by atoms with Crippen molar-refractivity contribution in [3.63, 3.8) is 0 Å². The summed E-state index contributed by atoms with van der Waals surface area (Å²) in [5.41, 5.74) is 0.133. The summed E-state index contributed by atoms with van der Waals surface area (Å²) < 4.78 is 32.0. The second-order valence-electron chi connectivity index (χ2n) is 10.6. The van der Waals surface area contributed by atoms with Gasteiger partial charge in [-0.25, -0.2) is 4.39 Å². The molecule has 0 radical (unpaired) electrons. The van der Waals surface area contributed by atoms with Crippen molar-refractivity contribution in [1.29, 1.82) is 0 Å². The molecule has 0 spiro atoms. The average Bonchev–Trinajstić information content (AvgIpc) is 2.98. The van der Waals surface area contributed by atoms with Crippen molar-refractivity contribution in [2.45, 2.75) is 32.4 Å². The molecule has 220 valence electrons. The first-order chi connectivity index (χ1) is 20.5. The Kier molecular flexibility index (Phi) is 8.22. The van der Waals surface area contributed by atoms with E-state index in [0.717, 1.165) is 0 Å². The van der Waals surface area contributed by atoms with Crippen LogP contribution in [0.25, 0.3) is 22.0 Å².